The minimum Gasteiger partial charge on any atom is -0.388 e. The SMILES string of the molecule is CC(C)c1nn(C)c(NCC2(O)CCCC2)c1[N+](=O)[O-]. The normalized spacial score (nSPS) is 17.6. The first-order valence-electron chi connectivity index (χ1n) is 7.01. The zero-order valence-corrected chi connectivity index (χ0v) is 12.2. The number of aliphatic hydroxyl groups is 1. The molecular weight excluding hydrogens is 260 g/mol. The van der Waals surface area contributed by atoms with E-state index < -0.39 is 10.5 Å². The van der Waals surface area contributed by atoms with Gasteiger partial charge in [-0.2, -0.15) is 5.10 Å². The lowest BCUT2D eigenvalue weighted by atomic mass is 10.0. The Morgan fingerprint density at radius 3 is 2.60 bits per heavy atom. The predicted octanol–water partition coefficient (Wildman–Crippen LogP) is 2.17. The van der Waals surface area contributed by atoms with Crippen LogP contribution in [0, 0.1) is 10.1 Å². The van der Waals surface area contributed by atoms with Gasteiger partial charge in [0, 0.05) is 19.5 Å². The summed E-state index contributed by atoms with van der Waals surface area (Å²) in [7, 11) is 1.68. The molecule has 1 aromatic heterocycles. The molecule has 1 heterocycles. The summed E-state index contributed by atoms with van der Waals surface area (Å²) in [5.74, 6) is 0.353. The number of nitrogens with zero attached hydrogens (tertiary/aromatic N) is 3. The summed E-state index contributed by atoms with van der Waals surface area (Å²) >= 11 is 0. The van der Waals surface area contributed by atoms with Crippen molar-refractivity contribution >= 4 is 11.5 Å². The Labute approximate surface area is 118 Å². The molecular formula is C13H22N4O3. The van der Waals surface area contributed by atoms with Gasteiger partial charge < -0.3 is 10.4 Å². The van der Waals surface area contributed by atoms with Crippen molar-refractivity contribution in [1.29, 1.82) is 0 Å². The van der Waals surface area contributed by atoms with Gasteiger partial charge in [-0.3, -0.25) is 10.1 Å². The summed E-state index contributed by atoms with van der Waals surface area (Å²) < 4.78 is 1.49. The number of aryl methyl sites for hydroxylation is 1. The van der Waals surface area contributed by atoms with Crippen LogP contribution in [0.1, 0.15) is 51.1 Å². The van der Waals surface area contributed by atoms with Gasteiger partial charge in [0.15, 0.2) is 0 Å². The van der Waals surface area contributed by atoms with Gasteiger partial charge >= 0.3 is 5.69 Å². The van der Waals surface area contributed by atoms with Crippen molar-refractivity contribution in [1.82, 2.24) is 9.78 Å². The smallest absolute Gasteiger partial charge is 0.334 e. The van der Waals surface area contributed by atoms with Crippen LogP contribution in [0.3, 0.4) is 0 Å². The van der Waals surface area contributed by atoms with Crippen molar-refractivity contribution in [2.75, 3.05) is 11.9 Å². The highest BCUT2D eigenvalue weighted by atomic mass is 16.6. The summed E-state index contributed by atoms with van der Waals surface area (Å²) in [5, 5.41) is 28.9. The van der Waals surface area contributed by atoms with E-state index in [0.29, 0.717) is 18.1 Å². The molecule has 7 nitrogen and oxygen atoms in total. The van der Waals surface area contributed by atoms with Crippen LogP contribution in [0.15, 0.2) is 0 Å². The van der Waals surface area contributed by atoms with Crippen LogP contribution in [0.4, 0.5) is 11.5 Å². The predicted molar refractivity (Wildman–Crippen MR) is 75.9 cm³/mol. The second kappa shape index (κ2) is 5.40. The summed E-state index contributed by atoms with van der Waals surface area (Å²) in [6.07, 6.45) is 3.48. The highest BCUT2D eigenvalue weighted by Gasteiger charge is 2.34. The lowest BCUT2D eigenvalue weighted by Gasteiger charge is -2.22. The third-order valence-corrected chi connectivity index (χ3v) is 3.90. The molecule has 0 radical (unpaired) electrons. The third kappa shape index (κ3) is 2.77. The number of hydrogen-bond acceptors (Lipinski definition) is 5. The van der Waals surface area contributed by atoms with E-state index in [1.165, 1.54) is 4.68 Å². The minimum atomic E-state index is -0.754. The van der Waals surface area contributed by atoms with E-state index in [9.17, 15) is 15.2 Å². The molecule has 2 N–H and O–H groups in total. The van der Waals surface area contributed by atoms with Crippen LogP contribution in [-0.4, -0.2) is 32.0 Å². The highest BCUT2D eigenvalue weighted by molar-refractivity contribution is 5.60. The molecule has 0 unspecified atom stereocenters. The topological polar surface area (TPSA) is 93.2 Å². The number of anilines is 1. The van der Waals surface area contributed by atoms with Gasteiger partial charge in [0.05, 0.1) is 10.5 Å². The quantitative estimate of drug-likeness (QED) is 0.637. The van der Waals surface area contributed by atoms with E-state index in [2.05, 4.69) is 10.4 Å². The molecule has 0 saturated heterocycles. The number of nitro groups is 1. The Balaban J connectivity index is 2.24. The molecule has 1 aliphatic carbocycles. The molecule has 1 aromatic rings. The van der Waals surface area contributed by atoms with Crippen molar-refractivity contribution in [2.24, 2.45) is 7.05 Å². The number of hydrogen-bond donors (Lipinski definition) is 2. The van der Waals surface area contributed by atoms with Gasteiger partial charge in [0.25, 0.3) is 0 Å². The van der Waals surface area contributed by atoms with Gasteiger partial charge in [-0.05, 0) is 12.8 Å². The molecule has 0 amide bonds. The molecule has 2 rings (SSSR count). The fourth-order valence-electron chi connectivity index (χ4n) is 2.76. The largest absolute Gasteiger partial charge is 0.388 e. The first-order valence-corrected chi connectivity index (χ1v) is 7.01. The number of aromatic nitrogens is 2. The molecule has 0 bridgehead atoms. The fraction of sp³-hybridized carbons (Fsp3) is 0.769. The van der Waals surface area contributed by atoms with Crippen molar-refractivity contribution < 1.29 is 10.0 Å². The van der Waals surface area contributed by atoms with Gasteiger partial charge in [0.1, 0.15) is 5.69 Å². The third-order valence-electron chi connectivity index (χ3n) is 3.90. The molecule has 20 heavy (non-hydrogen) atoms. The number of nitrogens with one attached hydrogen (secondary N) is 1. The molecule has 112 valence electrons. The monoisotopic (exact) mass is 282 g/mol. The van der Waals surface area contributed by atoms with Crippen LogP contribution in [0.2, 0.25) is 0 Å². The summed E-state index contributed by atoms with van der Waals surface area (Å²) in [6.45, 7) is 4.08. The maximum absolute atomic E-state index is 11.3. The minimum absolute atomic E-state index is 0.0177. The molecule has 1 fully saturated rings. The van der Waals surface area contributed by atoms with Crippen LogP contribution >= 0.6 is 0 Å². The summed E-state index contributed by atoms with van der Waals surface area (Å²) in [5.41, 5.74) is -0.265. The Kier molecular flexibility index (Phi) is 3.99. The number of rotatable bonds is 5. The summed E-state index contributed by atoms with van der Waals surface area (Å²) in [6, 6.07) is 0. The molecule has 1 aliphatic rings. The molecule has 7 heteroatoms. The highest BCUT2D eigenvalue weighted by Crippen LogP contribution is 2.35. The lowest BCUT2D eigenvalue weighted by Crippen LogP contribution is -2.34. The Bertz CT molecular complexity index is 504. The Hall–Kier alpha value is -1.63. The van der Waals surface area contributed by atoms with E-state index in [4.69, 9.17) is 0 Å². The van der Waals surface area contributed by atoms with E-state index in [1.54, 1.807) is 7.05 Å². The van der Waals surface area contributed by atoms with E-state index in [-0.39, 0.29) is 11.6 Å². The van der Waals surface area contributed by atoms with Crippen molar-refractivity contribution in [3.8, 4) is 0 Å². The van der Waals surface area contributed by atoms with Crippen LogP contribution in [-0.2, 0) is 7.05 Å². The van der Waals surface area contributed by atoms with E-state index in [1.807, 2.05) is 13.8 Å². The molecule has 0 spiro atoms. The molecule has 0 aromatic carbocycles. The fourth-order valence-corrected chi connectivity index (χ4v) is 2.76. The average molecular weight is 282 g/mol. The van der Waals surface area contributed by atoms with Gasteiger partial charge in [-0.25, -0.2) is 4.68 Å². The van der Waals surface area contributed by atoms with Crippen LogP contribution in [0.25, 0.3) is 0 Å². The Morgan fingerprint density at radius 2 is 2.10 bits per heavy atom. The van der Waals surface area contributed by atoms with Gasteiger partial charge in [0.2, 0.25) is 5.82 Å². The zero-order chi connectivity index (χ0) is 14.9. The van der Waals surface area contributed by atoms with Crippen molar-refractivity contribution in [3.05, 3.63) is 15.8 Å². The van der Waals surface area contributed by atoms with E-state index in [0.717, 1.165) is 25.7 Å². The second-order valence-corrected chi connectivity index (χ2v) is 5.90. The maximum atomic E-state index is 11.3. The standard InChI is InChI=1S/C13H22N4O3/c1-9(2)10-11(17(19)20)12(16(3)15-10)14-8-13(18)6-4-5-7-13/h9,14,18H,4-8H2,1-3H3. The molecule has 0 atom stereocenters. The Morgan fingerprint density at radius 1 is 1.50 bits per heavy atom. The van der Waals surface area contributed by atoms with Crippen molar-refractivity contribution in [2.45, 2.75) is 51.0 Å². The first kappa shape index (κ1) is 14.8. The van der Waals surface area contributed by atoms with E-state index >= 15 is 0 Å². The lowest BCUT2D eigenvalue weighted by molar-refractivity contribution is -0.384. The van der Waals surface area contributed by atoms with Gasteiger partial charge in [-0.1, -0.05) is 26.7 Å². The zero-order valence-electron chi connectivity index (χ0n) is 12.2. The summed E-state index contributed by atoms with van der Waals surface area (Å²) in [4.78, 5) is 10.9. The van der Waals surface area contributed by atoms with Crippen LogP contribution < -0.4 is 5.32 Å². The second-order valence-electron chi connectivity index (χ2n) is 5.90. The average Bonchev–Trinajstić information content (AvgIpc) is 2.91. The van der Waals surface area contributed by atoms with Gasteiger partial charge in [-0.15, -0.1) is 0 Å². The molecule has 1 saturated carbocycles. The van der Waals surface area contributed by atoms with Crippen LogP contribution in [0.5, 0.6) is 0 Å². The molecule has 0 aliphatic heterocycles. The first-order chi connectivity index (χ1) is 9.34. The van der Waals surface area contributed by atoms with Crippen molar-refractivity contribution in [3.63, 3.8) is 0 Å². The maximum Gasteiger partial charge on any atom is 0.334 e.